The average Bonchev–Trinajstić information content (AvgIpc) is 2.57. The molecule has 0 amide bonds. The molecular formula is C20H22N4O2. The molecular weight excluding hydrogens is 328 g/mol. The van der Waals surface area contributed by atoms with Crippen molar-refractivity contribution >= 4 is 11.5 Å². The Bertz CT molecular complexity index is 920. The molecule has 0 aliphatic carbocycles. The second kappa shape index (κ2) is 7.09. The van der Waals surface area contributed by atoms with Crippen LogP contribution in [-0.4, -0.2) is 20.1 Å². The summed E-state index contributed by atoms with van der Waals surface area (Å²) in [6.07, 6.45) is 3.32. The topological polar surface area (TPSA) is 80.2 Å². The average molecular weight is 350 g/mol. The number of hydrogen-bond acceptors (Lipinski definition) is 6. The van der Waals surface area contributed by atoms with Gasteiger partial charge in [-0.25, -0.2) is 4.98 Å². The number of aliphatic hydroxyl groups is 1. The van der Waals surface area contributed by atoms with Gasteiger partial charge in [0.15, 0.2) is 0 Å². The molecule has 6 heteroatoms. The predicted octanol–water partition coefficient (Wildman–Crippen LogP) is 4.25. The van der Waals surface area contributed by atoms with Gasteiger partial charge in [-0.2, -0.15) is 0 Å². The lowest BCUT2D eigenvalue weighted by Crippen LogP contribution is -2.17. The van der Waals surface area contributed by atoms with E-state index in [0.717, 1.165) is 17.1 Å². The van der Waals surface area contributed by atoms with Crippen LogP contribution in [0.3, 0.4) is 0 Å². The van der Waals surface area contributed by atoms with Crippen molar-refractivity contribution in [2.45, 2.75) is 33.3 Å². The summed E-state index contributed by atoms with van der Waals surface area (Å²) in [5.41, 5.74) is 2.14. The van der Waals surface area contributed by atoms with Crippen LogP contribution in [0.15, 0.2) is 48.8 Å². The molecule has 3 aromatic heterocycles. The normalized spacial score (nSPS) is 11.3. The molecule has 6 nitrogen and oxygen atoms in total. The number of rotatable bonds is 5. The fraction of sp³-hybridized carbons (Fsp3) is 0.250. The van der Waals surface area contributed by atoms with E-state index in [-0.39, 0.29) is 0 Å². The van der Waals surface area contributed by atoms with Crippen molar-refractivity contribution in [1.82, 2.24) is 15.0 Å². The van der Waals surface area contributed by atoms with E-state index in [2.05, 4.69) is 20.3 Å². The summed E-state index contributed by atoms with van der Waals surface area (Å²) in [6, 6.07) is 11.0. The first-order chi connectivity index (χ1) is 12.3. The van der Waals surface area contributed by atoms with Gasteiger partial charge in [-0.15, -0.1) is 0 Å². The summed E-state index contributed by atoms with van der Waals surface area (Å²) in [5, 5.41) is 13.3. The van der Waals surface area contributed by atoms with Gasteiger partial charge in [-0.3, -0.25) is 9.97 Å². The summed E-state index contributed by atoms with van der Waals surface area (Å²) < 4.78 is 5.93. The Morgan fingerprint density at radius 1 is 1.00 bits per heavy atom. The lowest BCUT2D eigenvalue weighted by atomic mass is 10.0. The molecule has 0 spiro atoms. The Morgan fingerprint density at radius 3 is 2.50 bits per heavy atom. The van der Waals surface area contributed by atoms with Crippen molar-refractivity contribution in [3.05, 3.63) is 65.9 Å². The summed E-state index contributed by atoms with van der Waals surface area (Å²) in [6.45, 7) is 7.26. The maximum Gasteiger partial charge on any atom is 0.148 e. The highest BCUT2D eigenvalue weighted by Gasteiger charge is 2.17. The largest absolute Gasteiger partial charge is 0.455 e. The number of anilines is 2. The van der Waals surface area contributed by atoms with Crippen molar-refractivity contribution in [1.29, 1.82) is 0 Å². The molecule has 0 unspecified atom stereocenters. The molecule has 3 aromatic rings. The number of hydrogen-bond donors (Lipinski definition) is 2. The Balaban J connectivity index is 1.79. The zero-order valence-corrected chi connectivity index (χ0v) is 15.3. The van der Waals surface area contributed by atoms with Crippen LogP contribution in [0.2, 0.25) is 0 Å². The van der Waals surface area contributed by atoms with Crippen LogP contribution in [0.5, 0.6) is 11.5 Å². The smallest absolute Gasteiger partial charge is 0.148 e. The summed E-state index contributed by atoms with van der Waals surface area (Å²) in [5.74, 6) is 2.00. The van der Waals surface area contributed by atoms with Gasteiger partial charge >= 0.3 is 0 Å². The minimum Gasteiger partial charge on any atom is -0.455 e. The maximum atomic E-state index is 10.1. The van der Waals surface area contributed by atoms with Crippen molar-refractivity contribution < 1.29 is 9.84 Å². The molecule has 0 saturated carbocycles. The fourth-order valence-corrected chi connectivity index (χ4v) is 2.44. The fourth-order valence-electron chi connectivity index (χ4n) is 2.44. The van der Waals surface area contributed by atoms with Gasteiger partial charge in [0.05, 0.1) is 11.4 Å². The first kappa shape index (κ1) is 17.8. The number of nitrogens with zero attached hydrogens (tertiary/aromatic N) is 3. The highest BCUT2D eigenvalue weighted by molar-refractivity contribution is 5.57. The van der Waals surface area contributed by atoms with Gasteiger partial charge in [-0.05, 0) is 58.0 Å². The van der Waals surface area contributed by atoms with Gasteiger partial charge in [-0.1, -0.05) is 0 Å². The van der Waals surface area contributed by atoms with Crippen LogP contribution < -0.4 is 10.1 Å². The van der Waals surface area contributed by atoms with E-state index >= 15 is 0 Å². The molecule has 0 aliphatic heterocycles. The lowest BCUT2D eigenvalue weighted by molar-refractivity contribution is 0.0739. The summed E-state index contributed by atoms with van der Waals surface area (Å²) in [4.78, 5) is 12.9. The Kier molecular flexibility index (Phi) is 4.86. The van der Waals surface area contributed by atoms with Crippen molar-refractivity contribution in [3.8, 4) is 11.5 Å². The van der Waals surface area contributed by atoms with E-state index in [1.54, 1.807) is 38.4 Å². The predicted molar refractivity (Wildman–Crippen MR) is 101 cm³/mol. The Morgan fingerprint density at radius 2 is 1.77 bits per heavy atom. The molecule has 3 rings (SSSR count). The first-order valence-corrected chi connectivity index (χ1v) is 8.35. The molecule has 0 aliphatic rings. The molecule has 0 atom stereocenters. The van der Waals surface area contributed by atoms with E-state index in [9.17, 15) is 5.11 Å². The van der Waals surface area contributed by atoms with E-state index in [0.29, 0.717) is 23.0 Å². The van der Waals surface area contributed by atoms with E-state index in [1.807, 2.05) is 38.1 Å². The number of ether oxygens (including phenoxy) is 1. The van der Waals surface area contributed by atoms with Crippen LogP contribution in [0.25, 0.3) is 0 Å². The highest BCUT2D eigenvalue weighted by atomic mass is 16.5. The first-order valence-electron chi connectivity index (χ1n) is 8.35. The van der Waals surface area contributed by atoms with Gasteiger partial charge < -0.3 is 15.2 Å². The number of pyridine rings is 3. The molecule has 3 heterocycles. The number of aryl methyl sites for hydroxylation is 2. The third-order valence-corrected chi connectivity index (χ3v) is 3.79. The number of aromatic nitrogens is 3. The standard InChI is InChI=1S/C20H22N4O2/c1-13-5-6-17(14(2)23-13)26-16-8-10-22-19(12-16)24-15-7-9-21-18(11-15)20(3,4)25/h5-12,25H,1-4H3,(H,21,22,24). The molecule has 0 radical (unpaired) electrons. The molecule has 0 saturated heterocycles. The summed E-state index contributed by atoms with van der Waals surface area (Å²) >= 11 is 0. The van der Waals surface area contributed by atoms with Gasteiger partial charge in [0.1, 0.15) is 22.9 Å². The van der Waals surface area contributed by atoms with Crippen LogP contribution in [0, 0.1) is 13.8 Å². The Hall–Kier alpha value is -2.99. The van der Waals surface area contributed by atoms with Crippen molar-refractivity contribution in [3.63, 3.8) is 0 Å². The quantitative estimate of drug-likeness (QED) is 0.716. The van der Waals surface area contributed by atoms with E-state index in [4.69, 9.17) is 4.74 Å². The maximum absolute atomic E-state index is 10.1. The van der Waals surface area contributed by atoms with Gasteiger partial charge in [0.2, 0.25) is 0 Å². The minimum atomic E-state index is -1.01. The second-order valence-corrected chi connectivity index (χ2v) is 6.63. The van der Waals surface area contributed by atoms with Crippen molar-refractivity contribution in [2.75, 3.05) is 5.32 Å². The third-order valence-electron chi connectivity index (χ3n) is 3.79. The monoisotopic (exact) mass is 350 g/mol. The van der Waals surface area contributed by atoms with E-state index < -0.39 is 5.60 Å². The molecule has 26 heavy (non-hydrogen) atoms. The van der Waals surface area contributed by atoms with Gasteiger partial charge in [0.25, 0.3) is 0 Å². The lowest BCUT2D eigenvalue weighted by Gasteiger charge is -2.17. The number of nitrogens with one attached hydrogen (secondary N) is 1. The zero-order chi connectivity index (χ0) is 18.7. The SMILES string of the molecule is Cc1ccc(Oc2ccnc(Nc3ccnc(C(C)(C)O)c3)c2)c(C)n1. The second-order valence-electron chi connectivity index (χ2n) is 6.63. The minimum absolute atomic E-state index is 0.580. The highest BCUT2D eigenvalue weighted by Crippen LogP contribution is 2.27. The van der Waals surface area contributed by atoms with Crippen LogP contribution in [-0.2, 0) is 5.60 Å². The molecule has 2 N–H and O–H groups in total. The molecule has 0 bridgehead atoms. The zero-order valence-electron chi connectivity index (χ0n) is 15.3. The van der Waals surface area contributed by atoms with Gasteiger partial charge in [0, 0.05) is 29.8 Å². The van der Waals surface area contributed by atoms with Crippen LogP contribution >= 0.6 is 0 Å². The summed E-state index contributed by atoms with van der Waals surface area (Å²) in [7, 11) is 0. The van der Waals surface area contributed by atoms with Crippen molar-refractivity contribution in [2.24, 2.45) is 0 Å². The molecule has 0 fully saturated rings. The van der Waals surface area contributed by atoms with Crippen LogP contribution in [0.1, 0.15) is 30.9 Å². The van der Waals surface area contributed by atoms with Crippen LogP contribution in [0.4, 0.5) is 11.5 Å². The Labute approximate surface area is 152 Å². The van der Waals surface area contributed by atoms with E-state index in [1.165, 1.54) is 0 Å². The molecule has 134 valence electrons. The molecule has 0 aromatic carbocycles. The third kappa shape index (κ3) is 4.34.